The van der Waals surface area contributed by atoms with Crippen molar-refractivity contribution in [3.63, 3.8) is 0 Å². The molecule has 0 saturated heterocycles. The van der Waals surface area contributed by atoms with Gasteiger partial charge in [0.15, 0.2) is 0 Å². The second kappa shape index (κ2) is 6.21. The smallest absolute Gasteiger partial charge is 0.0409 e. The van der Waals surface area contributed by atoms with Crippen LogP contribution in [0, 0.1) is 6.92 Å². The van der Waals surface area contributed by atoms with Crippen LogP contribution in [0.5, 0.6) is 0 Å². The summed E-state index contributed by atoms with van der Waals surface area (Å²) in [4.78, 5) is 0. The summed E-state index contributed by atoms with van der Waals surface area (Å²) >= 11 is 6.06. The third-order valence-corrected chi connectivity index (χ3v) is 4.72. The molecule has 1 nitrogen and oxygen atoms in total. The lowest BCUT2D eigenvalue weighted by molar-refractivity contribution is 0.271. The van der Waals surface area contributed by atoms with Gasteiger partial charge in [0.2, 0.25) is 0 Å². The topological polar surface area (TPSA) is 12.0 Å². The molecule has 21 heavy (non-hydrogen) atoms. The molecule has 0 unspecified atom stereocenters. The van der Waals surface area contributed by atoms with Crippen LogP contribution < -0.4 is 5.32 Å². The molecule has 0 heterocycles. The predicted octanol–water partition coefficient (Wildman–Crippen LogP) is 5.25. The van der Waals surface area contributed by atoms with Gasteiger partial charge in [-0.15, -0.1) is 0 Å². The first-order valence-corrected chi connectivity index (χ1v) is 8.07. The Balaban J connectivity index is 1.55. The molecule has 0 amide bonds. The Bertz CT molecular complexity index is 616. The number of aryl methyl sites for hydroxylation is 1. The number of hydrogen-bond donors (Lipinski definition) is 1. The van der Waals surface area contributed by atoms with Gasteiger partial charge in [0.05, 0.1) is 0 Å². The van der Waals surface area contributed by atoms with E-state index in [0.29, 0.717) is 18.0 Å². The van der Waals surface area contributed by atoms with Crippen molar-refractivity contribution >= 4 is 11.6 Å². The first-order valence-electron chi connectivity index (χ1n) is 7.70. The first-order chi connectivity index (χ1) is 10.1. The molecular formula is C19H22ClN. The van der Waals surface area contributed by atoms with Gasteiger partial charge in [-0.3, -0.25) is 0 Å². The summed E-state index contributed by atoms with van der Waals surface area (Å²) in [6.07, 6.45) is 2.46. The molecule has 0 aliphatic heterocycles. The highest BCUT2D eigenvalue weighted by atomic mass is 35.5. The van der Waals surface area contributed by atoms with Gasteiger partial charge < -0.3 is 5.32 Å². The van der Waals surface area contributed by atoms with E-state index in [-0.39, 0.29) is 0 Å². The molecule has 1 N–H and O–H groups in total. The minimum Gasteiger partial charge on any atom is -0.307 e. The van der Waals surface area contributed by atoms with E-state index < -0.39 is 0 Å². The van der Waals surface area contributed by atoms with E-state index >= 15 is 0 Å². The number of rotatable bonds is 4. The molecule has 2 heteroatoms. The van der Waals surface area contributed by atoms with Gasteiger partial charge in [0.25, 0.3) is 0 Å². The molecule has 2 aromatic rings. The normalized spacial score (nSPS) is 22.6. The SMILES string of the molecule is Cc1cccc(C2CC(N[C@@H](C)c3cccc(Cl)c3)C2)c1. The van der Waals surface area contributed by atoms with Crippen LogP contribution in [0.15, 0.2) is 48.5 Å². The molecule has 1 atom stereocenters. The molecule has 1 saturated carbocycles. The van der Waals surface area contributed by atoms with E-state index in [9.17, 15) is 0 Å². The fourth-order valence-electron chi connectivity index (χ4n) is 3.18. The Hall–Kier alpha value is -1.31. The van der Waals surface area contributed by atoms with Crippen LogP contribution in [0.3, 0.4) is 0 Å². The Morgan fingerprint density at radius 1 is 1.10 bits per heavy atom. The Morgan fingerprint density at radius 2 is 1.86 bits per heavy atom. The lowest BCUT2D eigenvalue weighted by Gasteiger charge is -2.38. The molecule has 1 fully saturated rings. The van der Waals surface area contributed by atoms with Crippen molar-refractivity contribution in [3.05, 3.63) is 70.2 Å². The number of halogens is 1. The van der Waals surface area contributed by atoms with Crippen LogP contribution in [0.4, 0.5) is 0 Å². The van der Waals surface area contributed by atoms with Crippen molar-refractivity contribution in [2.24, 2.45) is 0 Å². The van der Waals surface area contributed by atoms with E-state index in [1.807, 2.05) is 12.1 Å². The average Bonchev–Trinajstić information content (AvgIpc) is 2.42. The molecule has 1 aliphatic rings. The first kappa shape index (κ1) is 14.6. The van der Waals surface area contributed by atoms with Crippen molar-refractivity contribution in [2.45, 2.75) is 44.7 Å². The molecule has 0 bridgehead atoms. The zero-order valence-electron chi connectivity index (χ0n) is 12.6. The summed E-state index contributed by atoms with van der Waals surface area (Å²) < 4.78 is 0. The summed E-state index contributed by atoms with van der Waals surface area (Å²) in [6.45, 7) is 4.38. The minimum atomic E-state index is 0.354. The molecule has 0 radical (unpaired) electrons. The van der Waals surface area contributed by atoms with Crippen LogP contribution in [0.1, 0.15) is 48.4 Å². The monoisotopic (exact) mass is 299 g/mol. The third-order valence-electron chi connectivity index (χ3n) is 4.49. The van der Waals surface area contributed by atoms with Gasteiger partial charge in [-0.05, 0) is 55.9 Å². The summed E-state index contributed by atoms with van der Waals surface area (Å²) in [5, 5.41) is 4.53. The van der Waals surface area contributed by atoms with Crippen molar-refractivity contribution < 1.29 is 0 Å². The van der Waals surface area contributed by atoms with Gasteiger partial charge in [0.1, 0.15) is 0 Å². The maximum absolute atomic E-state index is 6.06. The van der Waals surface area contributed by atoms with Gasteiger partial charge in [-0.25, -0.2) is 0 Å². The number of hydrogen-bond acceptors (Lipinski definition) is 1. The quantitative estimate of drug-likeness (QED) is 0.813. The number of benzene rings is 2. The van der Waals surface area contributed by atoms with E-state index in [2.05, 4.69) is 55.6 Å². The van der Waals surface area contributed by atoms with E-state index in [4.69, 9.17) is 11.6 Å². The molecule has 0 aromatic heterocycles. The molecule has 0 spiro atoms. The minimum absolute atomic E-state index is 0.354. The lowest BCUT2D eigenvalue weighted by atomic mass is 9.75. The van der Waals surface area contributed by atoms with Gasteiger partial charge >= 0.3 is 0 Å². The third kappa shape index (κ3) is 3.48. The highest BCUT2D eigenvalue weighted by Gasteiger charge is 2.31. The predicted molar refractivity (Wildman–Crippen MR) is 89.9 cm³/mol. The molecule has 1 aliphatic carbocycles. The summed E-state index contributed by atoms with van der Waals surface area (Å²) in [5.74, 6) is 0.717. The molecular weight excluding hydrogens is 278 g/mol. The molecule has 2 aromatic carbocycles. The van der Waals surface area contributed by atoms with Crippen molar-refractivity contribution in [1.29, 1.82) is 0 Å². The highest BCUT2D eigenvalue weighted by Crippen LogP contribution is 2.38. The molecule has 110 valence electrons. The number of nitrogens with one attached hydrogen (secondary N) is 1. The van der Waals surface area contributed by atoms with Crippen molar-refractivity contribution in [3.8, 4) is 0 Å². The Morgan fingerprint density at radius 3 is 2.57 bits per heavy atom. The van der Waals surface area contributed by atoms with E-state index in [0.717, 1.165) is 5.02 Å². The zero-order chi connectivity index (χ0) is 14.8. The zero-order valence-corrected chi connectivity index (χ0v) is 13.4. The average molecular weight is 300 g/mol. The second-order valence-corrected chi connectivity index (χ2v) is 6.66. The Kier molecular flexibility index (Phi) is 4.32. The second-order valence-electron chi connectivity index (χ2n) is 6.22. The van der Waals surface area contributed by atoms with Crippen LogP contribution in [-0.4, -0.2) is 6.04 Å². The van der Waals surface area contributed by atoms with E-state index in [1.165, 1.54) is 29.5 Å². The maximum atomic E-state index is 6.06. The standard InChI is InChI=1S/C19H22ClN/c1-13-5-3-7-16(9-13)17-11-19(12-17)21-14(2)15-6-4-8-18(20)10-15/h3-10,14,17,19,21H,11-12H2,1-2H3/t14-,17?,19?/m0/s1. The van der Waals surface area contributed by atoms with Crippen LogP contribution in [0.2, 0.25) is 5.02 Å². The van der Waals surface area contributed by atoms with Crippen LogP contribution in [-0.2, 0) is 0 Å². The largest absolute Gasteiger partial charge is 0.307 e. The fraction of sp³-hybridized carbons (Fsp3) is 0.368. The van der Waals surface area contributed by atoms with Crippen LogP contribution in [0.25, 0.3) is 0 Å². The van der Waals surface area contributed by atoms with Gasteiger partial charge in [-0.1, -0.05) is 53.6 Å². The highest BCUT2D eigenvalue weighted by molar-refractivity contribution is 6.30. The lowest BCUT2D eigenvalue weighted by Crippen LogP contribution is -2.41. The summed E-state index contributed by atoms with van der Waals surface area (Å²) in [6, 6.07) is 18.0. The van der Waals surface area contributed by atoms with Crippen molar-refractivity contribution in [2.75, 3.05) is 0 Å². The van der Waals surface area contributed by atoms with Gasteiger partial charge in [-0.2, -0.15) is 0 Å². The summed E-state index contributed by atoms with van der Waals surface area (Å²) in [5.41, 5.74) is 4.11. The Labute approximate surface area is 132 Å². The molecule has 3 rings (SSSR count). The fourth-order valence-corrected chi connectivity index (χ4v) is 3.37. The summed E-state index contributed by atoms with van der Waals surface area (Å²) in [7, 11) is 0. The van der Waals surface area contributed by atoms with Crippen LogP contribution >= 0.6 is 11.6 Å². The van der Waals surface area contributed by atoms with E-state index in [1.54, 1.807) is 0 Å². The van der Waals surface area contributed by atoms with Crippen molar-refractivity contribution in [1.82, 2.24) is 5.32 Å². The maximum Gasteiger partial charge on any atom is 0.0409 e. The van der Waals surface area contributed by atoms with Gasteiger partial charge in [0, 0.05) is 17.1 Å².